The van der Waals surface area contributed by atoms with E-state index in [0.717, 1.165) is 39.4 Å². The minimum absolute atomic E-state index is 0.104. The van der Waals surface area contributed by atoms with E-state index >= 15 is 0 Å². The Balaban J connectivity index is 1.23. The number of nitrogens with zero attached hydrogens (tertiary/aromatic N) is 6. The van der Waals surface area contributed by atoms with Crippen molar-refractivity contribution in [3.63, 3.8) is 0 Å². The molecule has 1 aliphatic carbocycles. The number of hydrogen-bond acceptors (Lipinski definition) is 8. The normalized spacial score (nSPS) is 18.0. The fraction of sp³-hybridized carbons (Fsp3) is 0.382. The first-order valence-corrected chi connectivity index (χ1v) is 16.2. The van der Waals surface area contributed by atoms with Gasteiger partial charge in [-0.3, -0.25) is 14.3 Å². The average Bonchev–Trinajstić information content (AvgIpc) is 3.75. The number of anilines is 2. The highest BCUT2D eigenvalue weighted by atomic mass is 32.1. The van der Waals surface area contributed by atoms with E-state index in [-0.39, 0.29) is 5.56 Å². The summed E-state index contributed by atoms with van der Waals surface area (Å²) in [6.45, 7) is 4.69. The van der Waals surface area contributed by atoms with Crippen LogP contribution in [0.4, 0.5) is 11.6 Å². The van der Waals surface area contributed by atoms with Crippen molar-refractivity contribution in [2.24, 2.45) is 0 Å². The Morgan fingerprint density at radius 2 is 1.77 bits per heavy atom. The molecule has 0 spiro atoms. The summed E-state index contributed by atoms with van der Waals surface area (Å²) in [4.78, 5) is 35.3. The largest absolute Gasteiger partial charge is 0.324 e. The number of aryl methyl sites for hydroxylation is 1. The quantitative estimate of drug-likeness (QED) is 0.221. The van der Waals surface area contributed by atoms with E-state index in [1.54, 1.807) is 17.0 Å². The standard InChI is InChI=1S/C34H37N7OS/c1-22-16-30(24-6-3-4-7-24)36-19-29(22)28-17-26-18-37-34(39-32(26)41(33(28)42)21-31-35-13-15-43-31)38-27-11-9-23(10-12-27)25-8-5-14-40(2)20-25/h9-13,15-19,24-25H,3-8,14,20-21H2,1-2H3,(H,37,38,39). The maximum absolute atomic E-state index is 14.1. The van der Waals surface area contributed by atoms with Crippen molar-refractivity contribution in [1.82, 2.24) is 29.4 Å². The van der Waals surface area contributed by atoms with Crippen LogP contribution < -0.4 is 10.9 Å². The van der Waals surface area contributed by atoms with E-state index in [9.17, 15) is 4.79 Å². The minimum Gasteiger partial charge on any atom is -0.324 e. The average molecular weight is 592 g/mol. The Labute approximate surface area is 255 Å². The van der Waals surface area contributed by atoms with Gasteiger partial charge in [-0.1, -0.05) is 25.0 Å². The molecule has 1 saturated carbocycles. The molecule has 1 N–H and O–H groups in total. The summed E-state index contributed by atoms with van der Waals surface area (Å²) in [5.74, 6) is 1.55. The Morgan fingerprint density at radius 1 is 0.953 bits per heavy atom. The van der Waals surface area contributed by atoms with Gasteiger partial charge < -0.3 is 10.2 Å². The molecule has 5 heterocycles. The van der Waals surface area contributed by atoms with Gasteiger partial charge in [-0.2, -0.15) is 4.98 Å². The molecule has 8 nitrogen and oxygen atoms in total. The molecule has 4 aromatic heterocycles. The number of piperidine rings is 1. The maximum atomic E-state index is 14.1. The number of rotatable bonds is 7. The summed E-state index contributed by atoms with van der Waals surface area (Å²) in [5.41, 5.74) is 6.43. The molecule has 2 fully saturated rings. The molecule has 9 heteroatoms. The molecular formula is C34H37N7OS. The molecule has 2 aliphatic rings. The lowest BCUT2D eigenvalue weighted by Crippen LogP contribution is -2.30. The van der Waals surface area contributed by atoms with E-state index in [2.05, 4.69) is 64.5 Å². The molecule has 0 bridgehead atoms. The van der Waals surface area contributed by atoms with Gasteiger partial charge in [0.05, 0.1) is 6.54 Å². The van der Waals surface area contributed by atoms with E-state index in [0.29, 0.717) is 35.5 Å². The van der Waals surface area contributed by atoms with Crippen molar-refractivity contribution in [3.05, 3.63) is 92.6 Å². The van der Waals surface area contributed by atoms with Gasteiger partial charge in [-0.15, -0.1) is 11.3 Å². The number of nitrogens with one attached hydrogen (secondary N) is 1. The highest BCUT2D eigenvalue weighted by Gasteiger charge is 2.22. The molecule has 7 rings (SSSR count). The molecule has 1 saturated heterocycles. The molecular weight excluding hydrogens is 554 g/mol. The van der Waals surface area contributed by atoms with Crippen molar-refractivity contribution in [2.75, 3.05) is 25.5 Å². The summed E-state index contributed by atoms with van der Waals surface area (Å²) in [7, 11) is 2.20. The van der Waals surface area contributed by atoms with E-state index < -0.39 is 0 Å². The van der Waals surface area contributed by atoms with Gasteiger partial charge in [0.2, 0.25) is 5.95 Å². The summed E-state index contributed by atoms with van der Waals surface area (Å²) in [6.07, 6.45) is 12.8. The Bertz CT molecular complexity index is 1790. The third-order valence-corrected chi connectivity index (χ3v) is 9.83. The topological polar surface area (TPSA) is 88.8 Å². The highest BCUT2D eigenvalue weighted by molar-refractivity contribution is 7.09. The van der Waals surface area contributed by atoms with Crippen molar-refractivity contribution >= 4 is 34.0 Å². The molecule has 0 amide bonds. The smallest absolute Gasteiger partial charge is 0.260 e. The zero-order chi connectivity index (χ0) is 29.3. The van der Waals surface area contributed by atoms with Crippen molar-refractivity contribution in [3.8, 4) is 11.1 Å². The summed E-state index contributed by atoms with van der Waals surface area (Å²) in [5, 5.41) is 6.94. The Morgan fingerprint density at radius 3 is 2.51 bits per heavy atom. The fourth-order valence-corrected chi connectivity index (χ4v) is 7.34. The van der Waals surface area contributed by atoms with Gasteiger partial charge in [0.1, 0.15) is 10.7 Å². The van der Waals surface area contributed by atoms with Crippen LogP contribution in [-0.4, -0.2) is 49.5 Å². The first-order valence-electron chi connectivity index (χ1n) is 15.3. The molecule has 0 radical (unpaired) electrons. The van der Waals surface area contributed by atoms with Crippen molar-refractivity contribution in [2.45, 2.75) is 63.8 Å². The summed E-state index contributed by atoms with van der Waals surface area (Å²) < 4.78 is 1.73. The van der Waals surface area contributed by atoms with Crippen LogP contribution >= 0.6 is 11.3 Å². The van der Waals surface area contributed by atoms with E-state index in [1.807, 2.05) is 17.6 Å². The Hall–Kier alpha value is -3.95. The van der Waals surface area contributed by atoms with Crippen molar-refractivity contribution in [1.29, 1.82) is 0 Å². The first-order chi connectivity index (χ1) is 21.0. The van der Waals surface area contributed by atoms with Gasteiger partial charge in [0, 0.05) is 64.3 Å². The molecule has 1 atom stereocenters. The number of benzene rings is 1. The number of likely N-dealkylation sites (N-methyl/N-ethyl adjacent to an activating group) is 1. The first kappa shape index (κ1) is 27.9. The summed E-state index contributed by atoms with van der Waals surface area (Å²) in [6, 6.07) is 12.7. The number of hydrogen-bond donors (Lipinski definition) is 1. The fourth-order valence-electron chi connectivity index (χ4n) is 6.74. The predicted octanol–water partition coefficient (Wildman–Crippen LogP) is 6.88. The number of thiazole rings is 1. The number of fused-ring (bicyclic) bond motifs is 1. The van der Waals surface area contributed by atoms with Crippen LogP contribution in [0.5, 0.6) is 0 Å². The zero-order valence-electron chi connectivity index (χ0n) is 24.8. The minimum atomic E-state index is -0.104. The number of aromatic nitrogens is 5. The van der Waals surface area contributed by atoms with Gasteiger partial charge >= 0.3 is 0 Å². The highest BCUT2D eigenvalue weighted by Crippen LogP contribution is 2.35. The van der Waals surface area contributed by atoms with Gasteiger partial charge in [0.25, 0.3) is 5.56 Å². The van der Waals surface area contributed by atoms with Crippen LogP contribution in [0.3, 0.4) is 0 Å². The molecule has 220 valence electrons. The SMILES string of the molecule is Cc1cc(C2CCCC2)ncc1-c1cc2cnc(Nc3ccc(C4CCCN(C)C4)cc3)nc2n(Cc2nccs2)c1=O. The van der Waals surface area contributed by atoms with Gasteiger partial charge in [-0.25, -0.2) is 9.97 Å². The van der Waals surface area contributed by atoms with Gasteiger partial charge in [0.15, 0.2) is 0 Å². The second-order valence-electron chi connectivity index (χ2n) is 12.1. The lowest BCUT2D eigenvalue weighted by Gasteiger charge is -2.30. The maximum Gasteiger partial charge on any atom is 0.260 e. The van der Waals surface area contributed by atoms with Crippen LogP contribution in [0.15, 0.2) is 65.2 Å². The molecule has 1 unspecified atom stereocenters. The summed E-state index contributed by atoms with van der Waals surface area (Å²) >= 11 is 1.53. The predicted molar refractivity (Wildman–Crippen MR) is 173 cm³/mol. The van der Waals surface area contributed by atoms with Crippen LogP contribution in [0.1, 0.15) is 72.2 Å². The second-order valence-corrected chi connectivity index (χ2v) is 13.1. The third kappa shape index (κ3) is 5.84. The number of likely N-dealkylation sites (tertiary alicyclic amines) is 1. The second kappa shape index (κ2) is 12.0. The van der Waals surface area contributed by atoms with E-state index in [4.69, 9.17) is 9.97 Å². The van der Waals surface area contributed by atoms with Crippen LogP contribution in [0.25, 0.3) is 22.2 Å². The van der Waals surface area contributed by atoms with Crippen molar-refractivity contribution < 1.29 is 0 Å². The molecule has 5 aromatic rings. The van der Waals surface area contributed by atoms with E-state index in [1.165, 1.54) is 62.0 Å². The van der Waals surface area contributed by atoms with Crippen LogP contribution in [0.2, 0.25) is 0 Å². The number of pyridine rings is 2. The van der Waals surface area contributed by atoms with Crippen LogP contribution in [0, 0.1) is 6.92 Å². The van der Waals surface area contributed by atoms with Crippen LogP contribution in [-0.2, 0) is 6.54 Å². The lowest BCUT2D eigenvalue weighted by molar-refractivity contribution is 0.251. The molecule has 1 aliphatic heterocycles. The Kier molecular flexibility index (Phi) is 7.76. The third-order valence-electron chi connectivity index (χ3n) is 9.06. The van der Waals surface area contributed by atoms with Gasteiger partial charge in [-0.05, 0) is 87.5 Å². The lowest BCUT2D eigenvalue weighted by atomic mass is 9.91. The zero-order valence-corrected chi connectivity index (χ0v) is 25.6. The molecule has 43 heavy (non-hydrogen) atoms. The molecule has 1 aromatic carbocycles. The monoisotopic (exact) mass is 591 g/mol.